The first kappa shape index (κ1) is 12.1. The molecule has 0 heterocycles. The highest BCUT2D eigenvalue weighted by Crippen LogP contribution is 2.22. The van der Waals surface area contributed by atoms with Crippen LogP contribution in [0.5, 0.6) is 0 Å². The zero-order chi connectivity index (χ0) is 13.0. The molecule has 2 rings (SSSR count). The number of hydrogen-bond acceptors (Lipinski definition) is 2. The summed E-state index contributed by atoms with van der Waals surface area (Å²) in [5.74, 6) is -0.673. The minimum atomic E-state index is -0.469. The van der Waals surface area contributed by atoms with E-state index in [0.29, 0.717) is 0 Å². The van der Waals surface area contributed by atoms with Crippen LogP contribution in [0.25, 0.3) is 10.8 Å². The first-order valence-corrected chi connectivity index (χ1v) is 5.73. The molecule has 3 N–H and O–H groups in total. The maximum Gasteiger partial charge on any atom is 0.224 e. The topological polar surface area (TPSA) is 72.2 Å². The fourth-order valence-corrected chi connectivity index (χ4v) is 1.78. The molecule has 0 atom stereocenters. The molecule has 0 unspecified atom stereocenters. The van der Waals surface area contributed by atoms with Crippen LogP contribution in [0.1, 0.15) is 12.8 Å². The summed E-state index contributed by atoms with van der Waals surface area (Å²) in [4.78, 5) is 22.3. The number of nitrogens with two attached hydrogens (primary N) is 1. The predicted molar refractivity (Wildman–Crippen MR) is 71.0 cm³/mol. The largest absolute Gasteiger partial charge is 0.370 e. The Hall–Kier alpha value is -2.36. The van der Waals surface area contributed by atoms with E-state index in [2.05, 4.69) is 5.32 Å². The van der Waals surface area contributed by atoms with Crippen LogP contribution in [0.4, 0.5) is 5.69 Å². The Bertz CT molecular complexity index is 588. The van der Waals surface area contributed by atoms with Gasteiger partial charge in [-0.15, -0.1) is 0 Å². The lowest BCUT2D eigenvalue weighted by Crippen LogP contribution is -2.17. The van der Waals surface area contributed by atoms with Gasteiger partial charge in [0.15, 0.2) is 0 Å². The SMILES string of the molecule is NC(=O)CCC(=O)Nc1cccc2ccccc12. The summed E-state index contributed by atoms with van der Waals surface area (Å²) in [5.41, 5.74) is 5.76. The molecule has 0 radical (unpaired) electrons. The number of benzene rings is 2. The van der Waals surface area contributed by atoms with Crippen molar-refractivity contribution in [2.24, 2.45) is 5.73 Å². The number of rotatable bonds is 4. The van der Waals surface area contributed by atoms with Gasteiger partial charge in [-0.3, -0.25) is 9.59 Å². The van der Waals surface area contributed by atoms with Crippen molar-refractivity contribution in [3.63, 3.8) is 0 Å². The fourth-order valence-electron chi connectivity index (χ4n) is 1.78. The molecule has 0 saturated heterocycles. The molecule has 4 heteroatoms. The normalized spacial score (nSPS) is 10.2. The standard InChI is InChI=1S/C14H14N2O2/c15-13(17)8-9-14(18)16-12-7-3-5-10-4-1-2-6-11(10)12/h1-7H,8-9H2,(H2,15,17)(H,16,18). The molecule has 0 aliphatic rings. The van der Waals surface area contributed by atoms with Crippen LogP contribution >= 0.6 is 0 Å². The molecule has 92 valence electrons. The summed E-state index contributed by atoms with van der Waals surface area (Å²) in [5, 5.41) is 4.83. The highest BCUT2D eigenvalue weighted by atomic mass is 16.2. The summed E-state index contributed by atoms with van der Waals surface area (Å²) in [6.45, 7) is 0. The summed E-state index contributed by atoms with van der Waals surface area (Å²) in [6, 6.07) is 13.5. The van der Waals surface area contributed by atoms with Gasteiger partial charge < -0.3 is 11.1 Å². The molecule has 0 fully saturated rings. The monoisotopic (exact) mass is 242 g/mol. The summed E-state index contributed by atoms with van der Waals surface area (Å²) in [6.07, 6.45) is 0.176. The second kappa shape index (κ2) is 5.31. The molecule has 2 aromatic rings. The number of fused-ring (bicyclic) bond motifs is 1. The Morgan fingerprint density at radius 3 is 2.50 bits per heavy atom. The van der Waals surface area contributed by atoms with Crippen molar-refractivity contribution in [3.05, 3.63) is 42.5 Å². The number of primary amides is 1. The van der Waals surface area contributed by atoms with Crippen molar-refractivity contribution in [1.82, 2.24) is 0 Å². The third kappa shape index (κ3) is 2.85. The zero-order valence-electron chi connectivity index (χ0n) is 9.85. The molecule has 18 heavy (non-hydrogen) atoms. The minimum Gasteiger partial charge on any atom is -0.370 e. The average Bonchev–Trinajstić information content (AvgIpc) is 2.37. The highest BCUT2D eigenvalue weighted by Gasteiger charge is 2.06. The van der Waals surface area contributed by atoms with Gasteiger partial charge >= 0.3 is 0 Å². The van der Waals surface area contributed by atoms with Crippen LogP contribution < -0.4 is 11.1 Å². The van der Waals surface area contributed by atoms with E-state index in [1.165, 1.54) is 0 Å². The molecule has 2 aromatic carbocycles. The second-order valence-corrected chi connectivity index (χ2v) is 4.04. The number of anilines is 1. The van der Waals surface area contributed by atoms with Gasteiger partial charge in [-0.2, -0.15) is 0 Å². The van der Waals surface area contributed by atoms with Gasteiger partial charge in [-0.1, -0.05) is 36.4 Å². The summed E-state index contributed by atoms with van der Waals surface area (Å²) >= 11 is 0. The molecule has 0 aliphatic heterocycles. The lowest BCUT2D eigenvalue weighted by atomic mass is 10.1. The van der Waals surface area contributed by atoms with Crippen molar-refractivity contribution in [3.8, 4) is 0 Å². The van der Waals surface area contributed by atoms with Gasteiger partial charge in [0.05, 0.1) is 0 Å². The quantitative estimate of drug-likeness (QED) is 0.861. The highest BCUT2D eigenvalue weighted by molar-refractivity contribution is 6.02. The van der Waals surface area contributed by atoms with Gasteiger partial charge in [-0.05, 0) is 11.5 Å². The Labute approximate surface area is 105 Å². The molecule has 0 spiro atoms. The molecule has 2 amide bonds. The summed E-state index contributed by atoms with van der Waals surface area (Å²) < 4.78 is 0. The molecule has 0 aliphatic carbocycles. The maximum absolute atomic E-state index is 11.6. The van der Waals surface area contributed by atoms with Gasteiger partial charge in [-0.25, -0.2) is 0 Å². The van der Waals surface area contributed by atoms with E-state index in [9.17, 15) is 9.59 Å². The van der Waals surface area contributed by atoms with E-state index in [1.807, 2.05) is 42.5 Å². The van der Waals surface area contributed by atoms with Gasteiger partial charge in [0.25, 0.3) is 0 Å². The Kier molecular flexibility index (Phi) is 3.57. The van der Waals surface area contributed by atoms with Crippen molar-refractivity contribution in [2.45, 2.75) is 12.8 Å². The lowest BCUT2D eigenvalue weighted by Gasteiger charge is -2.08. The minimum absolute atomic E-state index is 0.0661. The average molecular weight is 242 g/mol. The van der Waals surface area contributed by atoms with E-state index in [1.54, 1.807) is 0 Å². The maximum atomic E-state index is 11.6. The summed E-state index contributed by atoms with van der Waals surface area (Å²) in [7, 11) is 0. The first-order valence-electron chi connectivity index (χ1n) is 5.73. The van der Waals surface area contributed by atoms with Gasteiger partial charge in [0.1, 0.15) is 0 Å². The Morgan fingerprint density at radius 1 is 1.00 bits per heavy atom. The number of carbonyl (C=O) groups is 2. The van der Waals surface area contributed by atoms with E-state index >= 15 is 0 Å². The van der Waals surface area contributed by atoms with Crippen molar-refractivity contribution >= 4 is 28.3 Å². The van der Waals surface area contributed by atoms with Crippen molar-refractivity contribution in [1.29, 1.82) is 0 Å². The fraction of sp³-hybridized carbons (Fsp3) is 0.143. The third-order valence-corrected chi connectivity index (χ3v) is 2.66. The third-order valence-electron chi connectivity index (χ3n) is 2.66. The van der Waals surface area contributed by atoms with Crippen LogP contribution in [0, 0.1) is 0 Å². The van der Waals surface area contributed by atoms with Crippen LogP contribution in [0.2, 0.25) is 0 Å². The van der Waals surface area contributed by atoms with E-state index < -0.39 is 5.91 Å². The number of carbonyl (C=O) groups excluding carboxylic acids is 2. The smallest absolute Gasteiger partial charge is 0.224 e. The van der Waals surface area contributed by atoms with Gasteiger partial charge in [0, 0.05) is 23.9 Å². The van der Waals surface area contributed by atoms with Crippen LogP contribution in [0.3, 0.4) is 0 Å². The van der Waals surface area contributed by atoms with E-state index in [0.717, 1.165) is 16.5 Å². The van der Waals surface area contributed by atoms with E-state index in [-0.39, 0.29) is 18.7 Å². The molecular formula is C14H14N2O2. The van der Waals surface area contributed by atoms with Crippen molar-refractivity contribution < 1.29 is 9.59 Å². The number of nitrogens with one attached hydrogen (secondary N) is 1. The lowest BCUT2D eigenvalue weighted by molar-refractivity contribution is -0.122. The van der Waals surface area contributed by atoms with Gasteiger partial charge in [0.2, 0.25) is 11.8 Å². The molecule has 4 nitrogen and oxygen atoms in total. The Balaban J connectivity index is 2.16. The second-order valence-electron chi connectivity index (χ2n) is 4.04. The van der Waals surface area contributed by atoms with Crippen LogP contribution in [-0.4, -0.2) is 11.8 Å². The Morgan fingerprint density at radius 2 is 1.72 bits per heavy atom. The van der Waals surface area contributed by atoms with Crippen LogP contribution in [0.15, 0.2) is 42.5 Å². The molecule has 0 aromatic heterocycles. The zero-order valence-corrected chi connectivity index (χ0v) is 9.85. The molecule has 0 bridgehead atoms. The number of amides is 2. The predicted octanol–water partition coefficient (Wildman–Crippen LogP) is 2.04. The number of hydrogen-bond donors (Lipinski definition) is 2. The van der Waals surface area contributed by atoms with E-state index in [4.69, 9.17) is 5.73 Å². The van der Waals surface area contributed by atoms with Crippen LogP contribution in [-0.2, 0) is 9.59 Å². The first-order chi connectivity index (χ1) is 8.66. The van der Waals surface area contributed by atoms with Crippen molar-refractivity contribution in [2.75, 3.05) is 5.32 Å². The molecular weight excluding hydrogens is 228 g/mol. The molecule has 0 saturated carbocycles.